The summed E-state index contributed by atoms with van der Waals surface area (Å²) in [6.07, 6.45) is 5.68. The second kappa shape index (κ2) is 8.84. The molecule has 4 heterocycles. The Morgan fingerprint density at radius 3 is 2.64 bits per heavy atom. The lowest BCUT2D eigenvalue weighted by Crippen LogP contribution is -2.30. The lowest BCUT2D eigenvalue weighted by Gasteiger charge is -2.29. The Bertz CT molecular complexity index is 1290. The van der Waals surface area contributed by atoms with Crippen LogP contribution < -0.4 is 15.0 Å². The molecule has 0 unspecified atom stereocenters. The zero-order valence-electron chi connectivity index (χ0n) is 18.1. The standard InChI is InChI=1S/C25H22ClN5OS/c1-16-8-11-22(28-15-16)30-13-5-7-20(30)24-23(19-6-3-4-12-27-19)29-25(33)31(24)17-9-10-21(32-2)18(26)14-17/h3-15,23-24H,1-2H3,(H,29,33)/t23-,24+/m0/s1. The number of benzene rings is 1. The molecule has 1 fully saturated rings. The van der Waals surface area contributed by atoms with E-state index in [9.17, 15) is 0 Å². The number of anilines is 1. The molecule has 1 aliphatic heterocycles. The number of aromatic nitrogens is 3. The minimum absolute atomic E-state index is 0.168. The van der Waals surface area contributed by atoms with Crippen molar-refractivity contribution in [3.8, 4) is 11.6 Å². The Hall–Kier alpha value is -3.42. The number of aryl methyl sites for hydroxylation is 1. The third-order valence-electron chi connectivity index (χ3n) is 5.74. The Morgan fingerprint density at radius 1 is 1.06 bits per heavy atom. The van der Waals surface area contributed by atoms with Crippen LogP contribution in [-0.2, 0) is 0 Å². The summed E-state index contributed by atoms with van der Waals surface area (Å²) >= 11 is 12.3. The molecular weight excluding hydrogens is 454 g/mol. The maximum Gasteiger partial charge on any atom is 0.174 e. The number of thiocarbonyl (C=S) groups is 1. The van der Waals surface area contributed by atoms with Gasteiger partial charge in [-0.3, -0.25) is 4.98 Å². The number of pyridine rings is 2. The molecule has 0 radical (unpaired) electrons. The van der Waals surface area contributed by atoms with Gasteiger partial charge in [-0.2, -0.15) is 0 Å². The van der Waals surface area contributed by atoms with Gasteiger partial charge in [-0.05, 0) is 73.2 Å². The van der Waals surface area contributed by atoms with Crippen molar-refractivity contribution in [2.75, 3.05) is 12.0 Å². The Kier molecular flexibility index (Phi) is 5.74. The number of hydrogen-bond donors (Lipinski definition) is 1. The van der Waals surface area contributed by atoms with Crippen molar-refractivity contribution in [3.05, 3.63) is 101 Å². The highest BCUT2D eigenvalue weighted by Gasteiger charge is 2.42. The van der Waals surface area contributed by atoms with Gasteiger partial charge in [-0.25, -0.2) is 4.98 Å². The van der Waals surface area contributed by atoms with Crippen molar-refractivity contribution in [3.63, 3.8) is 0 Å². The first-order valence-electron chi connectivity index (χ1n) is 10.5. The van der Waals surface area contributed by atoms with Crippen LogP contribution in [0.25, 0.3) is 5.82 Å². The normalized spacial score (nSPS) is 17.8. The van der Waals surface area contributed by atoms with Crippen LogP contribution in [0.3, 0.4) is 0 Å². The van der Waals surface area contributed by atoms with Gasteiger partial charge in [0.05, 0.1) is 23.9 Å². The lowest BCUT2D eigenvalue weighted by atomic mass is 10.0. The molecule has 8 heteroatoms. The molecule has 0 bridgehead atoms. The van der Waals surface area contributed by atoms with Crippen molar-refractivity contribution < 1.29 is 4.74 Å². The zero-order valence-corrected chi connectivity index (χ0v) is 19.7. The average Bonchev–Trinajstić information content (AvgIpc) is 3.44. The summed E-state index contributed by atoms with van der Waals surface area (Å²) in [5, 5.41) is 4.60. The summed E-state index contributed by atoms with van der Waals surface area (Å²) in [5.41, 5.74) is 3.90. The fourth-order valence-corrected chi connectivity index (χ4v) is 4.78. The average molecular weight is 476 g/mol. The van der Waals surface area contributed by atoms with E-state index in [1.807, 2.05) is 67.8 Å². The van der Waals surface area contributed by atoms with Gasteiger partial charge < -0.3 is 19.5 Å². The molecule has 1 N–H and O–H groups in total. The van der Waals surface area contributed by atoms with Gasteiger partial charge in [0.1, 0.15) is 17.6 Å². The van der Waals surface area contributed by atoms with E-state index < -0.39 is 0 Å². The van der Waals surface area contributed by atoms with Crippen LogP contribution in [0, 0.1) is 6.92 Å². The van der Waals surface area contributed by atoms with E-state index in [4.69, 9.17) is 28.6 Å². The molecule has 0 amide bonds. The minimum atomic E-state index is -0.185. The molecule has 0 saturated carbocycles. The van der Waals surface area contributed by atoms with Gasteiger partial charge in [-0.15, -0.1) is 0 Å². The van der Waals surface area contributed by atoms with Crippen LogP contribution in [0.1, 0.15) is 29.0 Å². The van der Waals surface area contributed by atoms with Crippen molar-refractivity contribution >= 4 is 34.6 Å². The van der Waals surface area contributed by atoms with Gasteiger partial charge >= 0.3 is 0 Å². The topological polar surface area (TPSA) is 55.2 Å². The lowest BCUT2D eigenvalue weighted by molar-refractivity contribution is 0.415. The van der Waals surface area contributed by atoms with Gasteiger partial charge in [0, 0.05) is 30.0 Å². The number of nitrogens with one attached hydrogen (secondary N) is 1. The van der Waals surface area contributed by atoms with Crippen LogP contribution >= 0.6 is 23.8 Å². The van der Waals surface area contributed by atoms with E-state index in [-0.39, 0.29) is 12.1 Å². The van der Waals surface area contributed by atoms with Crippen molar-refractivity contribution in [1.29, 1.82) is 0 Å². The van der Waals surface area contributed by atoms with Gasteiger partial charge in [0.25, 0.3) is 0 Å². The van der Waals surface area contributed by atoms with E-state index in [1.54, 1.807) is 13.3 Å². The molecule has 0 spiro atoms. The van der Waals surface area contributed by atoms with Crippen LogP contribution in [0.4, 0.5) is 5.69 Å². The molecule has 0 aliphatic carbocycles. The molecule has 1 saturated heterocycles. The molecule has 166 valence electrons. The number of nitrogens with zero attached hydrogens (tertiary/aromatic N) is 4. The maximum absolute atomic E-state index is 6.48. The number of ether oxygens (including phenoxy) is 1. The second-order valence-corrected chi connectivity index (χ2v) is 8.61. The molecule has 2 atom stereocenters. The van der Waals surface area contributed by atoms with E-state index in [0.717, 1.165) is 28.5 Å². The highest BCUT2D eigenvalue weighted by atomic mass is 35.5. The first-order chi connectivity index (χ1) is 16.1. The molecule has 3 aromatic heterocycles. The molecule has 1 aliphatic rings. The monoisotopic (exact) mass is 475 g/mol. The quantitative estimate of drug-likeness (QED) is 0.389. The summed E-state index contributed by atoms with van der Waals surface area (Å²) in [6.45, 7) is 2.03. The third kappa shape index (κ3) is 3.94. The van der Waals surface area contributed by atoms with E-state index in [1.165, 1.54) is 0 Å². The van der Waals surface area contributed by atoms with E-state index >= 15 is 0 Å². The molecule has 5 rings (SSSR count). The van der Waals surface area contributed by atoms with Gasteiger partial charge in [-0.1, -0.05) is 23.7 Å². The second-order valence-electron chi connectivity index (χ2n) is 7.81. The summed E-state index contributed by atoms with van der Waals surface area (Å²) in [5.74, 6) is 1.45. The summed E-state index contributed by atoms with van der Waals surface area (Å²) < 4.78 is 7.44. The van der Waals surface area contributed by atoms with E-state index in [0.29, 0.717) is 15.9 Å². The van der Waals surface area contributed by atoms with Crippen molar-refractivity contribution in [1.82, 2.24) is 19.9 Å². The first kappa shape index (κ1) is 21.4. The molecular formula is C25H22ClN5OS. The zero-order chi connectivity index (χ0) is 22.9. The highest BCUT2D eigenvalue weighted by molar-refractivity contribution is 7.80. The van der Waals surface area contributed by atoms with Crippen molar-refractivity contribution in [2.45, 2.75) is 19.0 Å². The highest BCUT2D eigenvalue weighted by Crippen LogP contribution is 2.43. The Labute approximate surface area is 202 Å². The van der Waals surface area contributed by atoms with Crippen molar-refractivity contribution in [2.24, 2.45) is 0 Å². The molecule has 1 aromatic carbocycles. The van der Waals surface area contributed by atoms with Crippen LogP contribution in [0.5, 0.6) is 5.75 Å². The summed E-state index contributed by atoms with van der Waals surface area (Å²) in [4.78, 5) is 11.3. The predicted octanol–water partition coefficient (Wildman–Crippen LogP) is 5.41. The van der Waals surface area contributed by atoms with Crippen LogP contribution in [0.2, 0.25) is 5.02 Å². The maximum atomic E-state index is 6.48. The summed E-state index contributed by atoms with van der Waals surface area (Å²) in [6, 6.07) is 19.4. The predicted molar refractivity (Wildman–Crippen MR) is 134 cm³/mol. The van der Waals surface area contributed by atoms with Gasteiger partial charge in [0.2, 0.25) is 0 Å². The molecule has 4 aromatic rings. The molecule has 33 heavy (non-hydrogen) atoms. The summed E-state index contributed by atoms with van der Waals surface area (Å²) in [7, 11) is 1.60. The van der Waals surface area contributed by atoms with E-state index in [2.05, 4.69) is 36.9 Å². The third-order valence-corrected chi connectivity index (χ3v) is 6.35. The number of hydrogen-bond acceptors (Lipinski definition) is 4. The van der Waals surface area contributed by atoms with Crippen LogP contribution in [0.15, 0.2) is 79.3 Å². The smallest absolute Gasteiger partial charge is 0.174 e. The minimum Gasteiger partial charge on any atom is -0.495 e. The molecule has 6 nitrogen and oxygen atoms in total. The Balaban J connectivity index is 1.66. The van der Waals surface area contributed by atoms with Gasteiger partial charge in [0.15, 0.2) is 5.11 Å². The number of halogens is 1. The number of methoxy groups -OCH3 is 1. The SMILES string of the molecule is COc1ccc(N2C(=S)N[C@@H](c3ccccn3)[C@H]2c2cccn2-c2ccc(C)cn2)cc1Cl. The Morgan fingerprint density at radius 2 is 1.94 bits per heavy atom. The number of rotatable bonds is 5. The first-order valence-corrected chi connectivity index (χ1v) is 11.3. The largest absolute Gasteiger partial charge is 0.495 e. The fraction of sp³-hybridized carbons (Fsp3) is 0.160. The fourth-order valence-electron chi connectivity index (χ4n) is 4.18. The van der Waals surface area contributed by atoms with Crippen LogP contribution in [-0.4, -0.2) is 26.8 Å².